The van der Waals surface area contributed by atoms with Gasteiger partial charge in [0.15, 0.2) is 0 Å². The summed E-state index contributed by atoms with van der Waals surface area (Å²) in [6, 6.07) is -1.38. The Hall–Kier alpha value is 0.190. The van der Waals surface area contributed by atoms with Crippen LogP contribution in [0, 0.1) is 0 Å². The third kappa shape index (κ3) is 1.83. The van der Waals surface area contributed by atoms with Crippen molar-refractivity contribution in [1.82, 2.24) is 9.46 Å². The monoisotopic (exact) mass is 218 g/mol. The molecule has 1 aliphatic heterocycles. The van der Waals surface area contributed by atoms with Crippen LogP contribution in [0.25, 0.3) is 0 Å². The summed E-state index contributed by atoms with van der Waals surface area (Å²) in [5.74, 6) is 0. The van der Waals surface area contributed by atoms with Gasteiger partial charge < -0.3 is 0 Å². The van der Waals surface area contributed by atoms with Gasteiger partial charge in [-0.25, -0.2) is 5.43 Å². The Morgan fingerprint density at radius 1 is 1.50 bits per heavy atom. The van der Waals surface area contributed by atoms with Crippen molar-refractivity contribution in [2.45, 2.75) is 18.6 Å². The number of hydrogen-bond acceptors (Lipinski definition) is 2. The van der Waals surface area contributed by atoms with E-state index in [9.17, 15) is 13.2 Å². The molecule has 0 spiro atoms. The van der Waals surface area contributed by atoms with Gasteiger partial charge in [-0.1, -0.05) is 0 Å². The normalized spacial score (nSPS) is 29.4. The zero-order chi connectivity index (χ0) is 7.78. The van der Waals surface area contributed by atoms with Crippen molar-refractivity contribution in [3.63, 3.8) is 0 Å². The van der Waals surface area contributed by atoms with Crippen molar-refractivity contribution in [3.8, 4) is 0 Å². The van der Waals surface area contributed by atoms with Crippen LogP contribution in [0.15, 0.2) is 0 Å². The van der Waals surface area contributed by atoms with Crippen LogP contribution in [0.3, 0.4) is 0 Å². The Morgan fingerprint density at radius 3 is 2.30 bits per heavy atom. The zero-order valence-corrected chi connectivity index (χ0v) is 6.54. The maximum absolute atomic E-state index is 11.8. The van der Waals surface area contributed by atoms with Gasteiger partial charge in [-0.2, -0.15) is 17.2 Å². The van der Waals surface area contributed by atoms with Crippen LogP contribution in [0.1, 0.15) is 6.42 Å². The predicted molar refractivity (Wildman–Crippen MR) is 33.2 cm³/mol. The topological polar surface area (TPSA) is 15.3 Å². The second kappa shape index (κ2) is 2.67. The van der Waals surface area contributed by atoms with E-state index in [-0.39, 0.29) is 6.42 Å². The molecule has 1 saturated heterocycles. The van der Waals surface area contributed by atoms with Gasteiger partial charge in [0.1, 0.15) is 6.04 Å². The molecule has 1 heterocycles. The minimum absolute atomic E-state index is 0.106. The number of hydrazine groups is 1. The van der Waals surface area contributed by atoms with Crippen LogP contribution in [-0.4, -0.2) is 22.8 Å². The molecule has 6 heteroatoms. The average molecular weight is 219 g/mol. The van der Waals surface area contributed by atoms with Crippen molar-refractivity contribution in [1.29, 1.82) is 0 Å². The first-order valence-corrected chi connectivity index (χ1v) is 3.47. The largest absolute Gasteiger partial charge is 0.405 e. The summed E-state index contributed by atoms with van der Waals surface area (Å²) in [5.41, 5.74) is 2.22. The Kier molecular flexibility index (Phi) is 2.21. The van der Waals surface area contributed by atoms with Crippen LogP contribution in [-0.2, 0) is 0 Å². The third-order valence-electron chi connectivity index (χ3n) is 1.31. The molecular weight excluding hydrogens is 213 g/mol. The fourth-order valence-corrected chi connectivity index (χ4v) is 1.23. The molecule has 0 aliphatic carbocycles. The van der Waals surface area contributed by atoms with Crippen molar-refractivity contribution in [3.05, 3.63) is 0 Å². The molecule has 1 aliphatic rings. The summed E-state index contributed by atoms with van der Waals surface area (Å²) in [4.78, 5) is 0. The molecule has 0 bridgehead atoms. The SMILES string of the molecule is FC(F)(F)C1CCN(Br)N1. The lowest BCUT2D eigenvalue weighted by atomic mass is 10.2. The van der Waals surface area contributed by atoms with Crippen molar-refractivity contribution in [2.75, 3.05) is 6.54 Å². The summed E-state index contributed by atoms with van der Waals surface area (Å²) >= 11 is 2.89. The molecule has 0 amide bonds. The van der Waals surface area contributed by atoms with Crippen molar-refractivity contribution in [2.24, 2.45) is 0 Å². The number of hydrogen-bond donors (Lipinski definition) is 1. The van der Waals surface area contributed by atoms with E-state index >= 15 is 0 Å². The number of halogens is 4. The molecule has 1 atom stereocenters. The van der Waals surface area contributed by atoms with Crippen molar-refractivity contribution < 1.29 is 13.2 Å². The zero-order valence-electron chi connectivity index (χ0n) is 4.95. The van der Waals surface area contributed by atoms with Gasteiger partial charge in [0.05, 0.1) is 0 Å². The van der Waals surface area contributed by atoms with E-state index in [2.05, 4.69) is 21.6 Å². The first kappa shape index (κ1) is 8.29. The molecule has 0 aromatic carbocycles. The average Bonchev–Trinajstić information content (AvgIpc) is 2.11. The van der Waals surface area contributed by atoms with Gasteiger partial charge in [-0.05, 0) is 6.42 Å². The van der Waals surface area contributed by atoms with E-state index in [0.29, 0.717) is 6.54 Å². The third-order valence-corrected chi connectivity index (χ3v) is 1.86. The van der Waals surface area contributed by atoms with E-state index in [4.69, 9.17) is 0 Å². The molecular formula is C4H6BrF3N2. The predicted octanol–water partition coefficient (Wildman–Crippen LogP) is 1.44. The smallest absolute Gasteiger partial charge is 0.233 e. The molecule has 1 N–H and O–H groups in total. The van der Waals surface area contributed by atoms with Crippen LogP contribution in [0.5, 0.6) is 0 Å². The second-order valence-electron chi connectivity index (χ2n) is 2.10. The van der Waals surface area contributed by atoms with Crippen LogP contribution < -0.4 is 5.43 Å². The van der Waals surface area contributed by atoms with Crippen LogP contribution in [0.2, 0.25) is 0 Å². The molecule has 1 unspecified atom stereocenters. The first-order valence-electron chi connectivity index (χ1n) is 2.76. The lowest BCUT2D eigenvalue weighted by molar-refractivity contribution is -0.154. The van der Waals surface area contributed by atoms with Gasteiger partial charge in [0.25, 0.3) is 0 Å². The highest BCUT2D eigenvalue weighted by molar-refractivity contribution is 9.07. The van der Waals surface area contributed by atoms with Gasteiger partial charge in [0, 0.05) is 22.7 Å². The number of nitrogens with zero attached hydrogens (tertiary/aromatic N) is 1. The van der Waals surface area contributed by atoms with Gasteiger partial charge in [-0.3, -0.25) is 0 Å². The highest BCUT2D eigenvalue weighted by Crippen LogP contribution is 2.26. The molecule has 1 fully saturated rings. The number of rotatable bonds is 0. The van der Waals surface area contributed by atoms with Gasteiger partial charge in [0.2, 0.25) is 0 Å². The maximum atomic E-state index is 11.8. The Morgan fingerprint density at radius 2 is 2.10 bits per heavy atom. The van der Waals surface area contributed by atoms with E-state index in [1.807, 2.05) is 0 Å². The Labute approximate surface area is 64.7 Å². The second-order valence-corrected chi connectivity index (χ2v) is 2.95. The quantitative estimate of drug-likeness (QED) is 0.620. The molecule has 0 aromatic heterocycles. The molecule has 1 rings (SSSR count). The van der Waals surface area contributed by atoms with Crippen LogP contribution >= 0.6 is 16.1 Å². The van der Waals surface area contributed by atoms with Gasteiger partial charge in [-0.15, -0.1) is 0 Å². The van der Waals surface area contributed by atoms with E-state index < -0.39 is 12.2 Å². The molecule has 10 heavy (non-hydrogen) atoms. The summed E-state index contributed by atoms with van der Waals surface area (Å²) in [6.45, 7) is 0.379. The van der Waals surface area contributed by atoms with Gasteiger partial charge >= 0.3 is 6.18 Å². The van der Waals surface area contributed by atoms with E-state index in [1.165, 1.54) is 4.03 Å². The van der Waals surface area contributed by atoms with E-state index in [1.54, 1.807) is 0 Å². The summed E-state index contributed by atoms with van der Waals surface area (Å²) in [6.07, 6.45) is -4.02. The number of nitrogens with one attached hydrogen (secondary N) is 1. The highest BCUT2D eigenvalue weighted by Gasteiger charge is 2.43. The van der Waals surface area contributed by atoms with E-state index in [0.717, 1.165) is 0 Å². The number of alkyl halides is 3. The fourth-order valence-electron chi connectivity index (χ4n) is 0.777. The first-order chi connectivity index (χ1) is 4.50. The summed E-state index contributed by atoms with van der Waals surface area (Å²) in [5, 5.41) is 0. The minimum atomic E-state index is -4.12. The molecule has 0 aromatic rings. The Bertz CT molecular complexity index is 126. The molecule has 60 valence electrons. The highest BCUT2D eigenvalue weighted by atomic mass is 79.9. The summed E-state index contributed by atoms with van der Waals surface area (Å²) < 4.78 is 36.7. The molecule has 0 radical (unpaired) electrons. The standard InChI is InChI=1S/C4H6BrF3N2/c5-10-2-1-3(9-10)4(6,7)8/h3,9H,1-2H2. The molecule has 2 nitrogen and oxygen atoms in total. The summed E-state index contributed by atoms with van der Waals surface area (Å²) in [7, 11) is 0. The van der Waals surface area contributed by atoms with Crippen LogP contribution in [0.4, 0.5) is 13.2 Å². The molecule has 0 saturated carbocycles. The maximum Gasteiger partial charge on any atom is 0.405 e. The van der Waals surface area contributed by atoms with Crippen molar-refractivity contribution >= 4 is 16.1 Å². The lowest BCUT2D eigenvalue weighted by Gasteiger charge is -2.14. The minimum Gasteiger partial charge on any atom is -0.233 e. The Balaban J connectivity index is 2.45. The fraction of sp³-hybridized carbons (Fsp3) is 1.00. The lowest BCUT2D eigenvalue weighted by Crippen LogP contribution is -2.39.